The number of piperidine rings is 1. The zero-order valence-electron chi connectivity index (χ0n) is 22.8. The molecule has 2 saturated heterocycles. The first-order valence-corrected chi connectivity index (χ1v) is 13.7. The number of esters is 1. The molecule has 36 heavy (non-hydrogen) atoms. The first-order valence-electron chi connectivity index (χ1n) is 13.7. The monoisotopic (exact) mass is 503 g/mol. The summed E-state index contributed by atoms with van der Waals surface area (Å²) in [6.45, 7) is 16.1. The lowest BCUT2D eigenvalue weighted by molar-refractivity contribution is -0.305. The second-order valence-corrected chi connectivity index (χ2v) is 12.7. The van der Waals surface area contributed by atoms with E-state index in [-0.39, 0.29) is 18.8 Å². The van der Waals surface area contributed by atoms with Crippen molar-refractivity contribution in [3.8, 4) is 0 Å². The number of carbonyl (C=O) groups excluding carboxylic acids is 2. The van der Waals surface area contributed by atoms with Gasteiger partial charge in [0.15, 0.2) is 17.5 Å². The molecule has 0 aromatic heterocycles. The summed E-state index contributed by atoms with van der Waals surface area (Å²) in [7, 11) is 0. The number of ketones is 1. The Morgan fingerprint density at radius 1 is 1.22 bits per heavy atom. The third-order valence-electron chi connectivity index (χ3n) is 9.68. The molecule has 0 radical (unpaired) electrons. The molecular weight excluding hydrogens is 458 g/mol. The number of carbonyl (C=O) groups is 2. The number of nitrogens with zero attached hydrogens (tertiary/aromatic N) is 1. The van der Waals surface area contributed by atoms with E-state index >= 15 is 0 Å². The smallest absolute Gasteiger partial charge is 0.306 e. The molecule has 0 unspecified atom stereocenters. The number of hydrogen-bond donors (Lipinski definition) is 2. The maximum Gasteiger partial charge on any atom is 0.306 e. The van der Waals surface area contributed by atoms with Gasteiger partial charge in [-0.1, -0.05) is 31.9 Å². The fourth-order valence-electron chi connectivity index (χ4n) is 7.43. The van der Waals surface area contributed by atoms with E-state index < -0.39 is 45.6 Å². The summed E-state index contributed by atoms with van der Waals surface area (Å²) in [4.78, 5) is 29.3. The summed E-state index contributed by atoms with van der Waals surface area (Å²) in [5.41, 5.74) is -5.64. The van der Waals surface area contributed by atoms with Crippen LogP contribution in [0.4, 0.5) is 0 Å². The quantitative estimate of drug-likeness (QED) is 0.421. The van der Waals surface area contributed by atoms with Gasteiger partial charge in [-0.15, -0.1) is 6.58 Å². The summed E-state index contributed by atoms with van der Waals surface area (Å²) in [5.74, 6) is -0.799. The molecule has 7 nitrogen and oxygen atoms in total. The Hall–Kier alpha value is -1.54. The number of ether oxygens (including phenoxy) is 2. The van der Waals surface area contributed by atoms with E-state index in [1.807, 2.05) is 6.08 Å². The molecular formula is C29H45NO6. The molecule has 6 atom stereocenters. The van der Waals surface area contributed by atoms with Gasteiger partial charge in [0.2, 0.25) is 0 Å². The number of rotatable bonds is 6. The lowest BCUT2D eigenvalue weighted by Gasteiger charge is -2.66. The van der Waals surface area contributed by atoms with E-state index in [2.05, 4.69) is 25.3 Å². The molecule has 0 aromatic carbocycles. The van der Waals surface area contributed by atoms with Gasteiger partial charge in [-0.3, -0.25) is 9.59 Å². The molecule has 0 amide bonds. The van der Waals surface area contributed by atoms with Crippen LogP contribution in [0.15, 0.2) is 24.3 Å². The van der Waals surface area contributed by atoms with Crippen LogP contribution in [-0.4, -0.2) is 75.5 Å². The highest BCUT2D eigenvalue weighted by atomic mass is 16.6. The van der Waals surface area contributed by atoms with Crippen molar-refractivity contribution in [1.82, 2.24) is 4.90 Å². The SMILES string of the molecule is C=C[C@@]1(C)CC(=O)[C@@]2(O)[C@](C)(O1)[C@@H](OC(=O)CCCN1CCCCC1)C=C1C(C)(C)CC[C@H](O)[C@@]12C. The number of likely N-dealkylation sites (tertiary alicyclic amines) is 1. The molecule has 4 aliphatic rings. The minimum atomic E-state index is -2.08. The van der Waals surface area contributed by atoms with E-state index in [1.165, 1.54) is 19.3 Å². The Morgan fingerprint density at radius 3 is 2.53 bits per heavy atom. The van der Waals surface area contributed by atoms with Crippen molar-refractivity contribution < 1.29 is 29.3 Å². The van der Waals surface area contributed by atoms with Crippen LogP contribution in [0.5, 0.6) is 0 Å². The number of fused-ring (bicyclic) bond motifs is 3. The molecule has 2 N–H and O–H groups in total. The Balaban J connectivity index is 1.68. The van der Waals surface area contributed by atoms with Gasteiger partial charge in [0.05, 0.1) is 17.1 Å². The third-order valence-corrected chi connectivity index (χ3v) is 9.68. The van der Waals surface area contributed by atoms with Crippen LogP contribution < -0.4 is 0 Å². The Kier molecular flexibility index (Phi) is 7.13. The van der Waals surface area contributed by atoms with Gasteiger partial charge in [-0.05, 0) is 84.0 Å². The molecule has 202 valence electrons. The lowest BCUT2D eigenvalue weighted by atomic mass is 9.44. The molecule has 0 aromatic rings. The zero-order chi connectivity index (χ0) is 26.6. The van der Waals surface area contributed by atoms with Crippen molar-refractivity contribution in [3.63, 3.8) is 0 Å². The fraction of sp³-hybridized carbons (Fsp3) is 0.793. The van der Waals surface area contributed by atoms with Gasteiger partial charge < -0.3 is 24.6 Å². The van der Waals surface area contributed by atoms with Crippen molar-refractivity contribution in [2.75, 3.05) is 19.6 Å². The van der Waals surface area contributed by atoms with Crippen LogP contribution in [-0.2, 0) is 19.1 Å². The molecule has 2 aliphatic heterocycles. The van der Waals surface area contributed by atoms with Crippen LogP contribution in [0.3, 0.4) is 0 Å². The van der Waals surface area contributed by atoms with Crippen LogP contribution in [0.1, 0.15) is 86.0 Å². The van der Waals surface area contributed by atoms with Gasteiger partial charge in [0, 0.05) is 12.8 Å². The Labute approximate surface area is 215 Å². The second-order valence-electron chi connectivity index (χ2n) is 12.7. The van der Waals surface area contributed by atoms with Gasteiger partial charge in [-0.2, -0.15) is 0 Å². The topological polar surface area (TPSA) is 96.3 Å². The van der Waals surface area contributed by atoms with E-state index in [4.69, 9.17) is 9.47 Å². The van der Waals surface area contributed by atoms with Gasteiger partial charge in [0.25, 0.3) is 0 Å². The third kappa shape index (κ3) is 4.11. The Morgan fingerprint density at radius 2 is 1.89 bits per heavy atom. The molecule has 0 bridgehead atoms. The van der Waals surface area contributed by atoms with E-state index in [0.717, 1.165) is 25.2 Å². The van der Waals surface area contributed by atoms with Crippen LogP contribution in [0.2, 0.25) is 0 Å². The van der Waals surface area contributed by atoms with Crippen molar-refractivity contribution in [3.05, 3.63) is 24.3 Å². The average Bonchev–Trinajstić information content (AvgIpc) is 2.82. The fourth-order valence-corrected chi connectivity index (χ4v) is 7.43. The van der Waals surface area contributed by atoms with Crippen molar-refractivity contribution >= 4 is 11.8 Å². The summed E-state index contributed by atoms with van der Waals surface area (Å²) in [5, 5.41) is 23.7. The van der Waals surface area contributed by atoms with E-state index in [9.17, 15) is 19.8 Å². The molecule has 3 fully saturated rings. The highest BCUT2D eigenvalue weighted by Crippen LogP contribution is 2.64. The summed E-state index contributed by atoms with van der Waals surface area (Å²) >= 11 is 0. The largest absolute Gasteiger partial charge is 0.455 e. The average molecular weight is 504 g/mol. The first-order chi connectivity index (χ1) is 16.7. The van der Waals surface area contributed by atoms with Crippen LogP contribution in [0, 0.1) is 10.8 Å². The maximum absolute atomic E-state index is 13.9. The maximum atomic E-state index is 13.9. The number of hydrogen-bond acceptors (Lipinski definition) is 7. The lowest BCUT2D eigenvalue weighted by Crippen LogP contribution is -2.81. The predicted molar refractivity (Wildman–Crippen MR) is 137 cm³/mol. The highest BCUT2D eigenvalue weighted by molar-refractivity contribution is 5.93. The normalized spacial score (nSPS) is 42.6. The Bertz CT molecular complexity index is 938. The minimum absolute atomic E-state index is 0.0743. The second kappa shape index (κ2) is 9.33. The molecule has 4 rings (SSSR count). The predicted octanol–water partition coefficient (Wildman–Crippen LogP) is 3.72. The van der Waals surface area contributed by atoms with Gasteiger partial charge in [0.1, 0.15) is 5.60 Å². The summed E-state index contributed by atoms with van der Waals surface area (Å²) in [6.07, 6.45) is 7.16. The van der Waals surface area contributed by atoms with E-state index in [1.54, 1.807) is 26.8 Å². The first kappa shape index (κ1) is 27.5. The summed E-state index contributed by atoms with van der Waals surface area (Å²) in [6, 6.07) is 0. The van der Waals surface area contributed by atoms with E-state index in [0.29, 0.717) is 19.3 Å². The van der Waals surface area contributed by atoms with Crippen molar-refractivity contribution in [2.45, 2.75) is 115 Å². The standard InChI is InChI=1S/C29H45NO6/c1-7-26(4)19-22(32)29(34)27(5)20(25(2,3)14-13-21(27)31)18-23(28(29,6)36-26)35-24(33)12-11-17-30-15-9-8-10-16-30/h7,18,21,23,31,34H,1,8-17,19H2,2-6H3/t21-,23-,26-,27+,28+,29-/m0/s1. The van der Waals surface area contributed by atoms with Gasteiger partial charge in [-0.25, -0.2) is 0 Å². The minimum Gasteiger partial charge on any atom is -0.455 e. The molecule has 2 aliphatic carbocycles. The van der Waals surface area contributed by atoms with Crippen LogP contribution >= 0.6 is 0 Å². The van der Waals surface area contributed by atoms with Crippen LogP contribution in [0.25, 0.3) is 0 Å². The van der Waals surface area contributed by atoms with Crippen molar-refractivity contribution in [2.24, 2.45) is 10.8 Å². The number of Topliss-reactive ketones (excluding diaryl/α,β-unsaturated/α-hetero) is 1. The van der Waals surface area contributed by atoms with Crippen molar-refractivity contribution in [1.29, 1.82) is 0 Å². The number of aliphatic hydroxyl groups excluding tert-OH is 1. The zero-order valence-corrected chi connectivity index (χ0v) is 22.8. The molecule has 2 heterocycles. The highest BCUT2D eigenvalue weighted by Gasteiger charge is 2.76. The van der Waals surface area contributed by atoms with Gasteiger partial charge >= 0.3 is 5.97 Å². The molecule has 0 spiro atoms. The molecule has 1 saturated carbocycles. The summed E-state index contributed by atoms with van der Waals surface area (Å²) < 4.78 is 12.5. The number of aliphatic hydroxyl groups is 2. The molecule has 7 heteroatoms.